The van der Waals surface area contributed by atoms with Gasteiger partial charge in [0.1, 0.15) is 6.04 Å². The van der Waals surface area contributed by atoms with Gasteiger partial charge in [-0.25, -0.2) is 4.79 Å². The van der Waals surface area contributed by atoms with Crippen LogP contribution < -0.4 is 0 Å². The topological polar surface area (TPSA) is 57.6 Å². The lowest BCUT2D eigenvalue weighted by Crippen LogP contribution is -2.43. The molecule has 1 N–H and O–H groups in total. The number of carbonyl (C=O) groups excluding carboxylic acids is 1. The Hall–Kier alpha value is -1.50. The lowest BCUT2D eigenvalue weighted by Gasteiger charge is -2.23. The second-order valence-corrected chi connectivity index (χ2v) is 4.56. The van der Waals surface area contributed by atoms with Gasteiger partial charge in [0.2, 0.25) is 5.91 Å². The van der Waals surface area contributed by atoms with Crippen molar-refractivity contribution in [1.29, 1.82) is 0 Å². The molecule has 0 aromatic heterocycles. The smallest absolute Gasteiger partial charge is 0.326 e. The highest BCUT2D eigenvalue weighted by Crippen LogP contribution is 2.42. The van der Waals surface area contributed by atoms with Gasteiger partial charge in [-0.1, -0.05) is 12.3 Å². The van der Waals surface area contributed by atoms with Crippen molar-refractivity contribution in [2.45, 2.75) is 31.7 Å². The highest BCUT2D eigenvalue weighted by molar-refractivity contribution is 5.86. The van der Waals surface area contributed by atoms with E-state index in [2.05, 4.69) is 5.92 Å². The molecule has 1 amide bonds. The summed E-state index contributed by atoms with van der Waals surface area (Å²) in [7, 11) is 0. The highest BCUT2D eigenvalue weighted by atomic mass is 16.4. The number of terminal acetylenes is 1. The number of likely N-dealkylation sites (tertiary alicyclic amines) is 1. The Bertz CT molecular complexity index is 358. The van der Waals surface area contributed by atoms with E-state index in [1.54, 1.807) is 0 Å². The van der Waals surface area contributed by atoms with Gasteiger partial charge in [-0.3, -0.25) is 4.79 Å². The van der Waals surface area contributed by atoms with Crippen LogP contribution in [0.1, 0.15) is 25.7 Å². The van der Waals surface area contributed by atoms with E-state index in [0.717, 1.165) is 19.3 Å². The van der Waals surface area contributed by atoms with E-state index in [0.29, 0.717) is 12.5 Å². The first-order valence-electron chi connectivity index (χ1n) is 5.61. The SMILES string of the molecule is C#CCC(=O)N1CC2CCCC2C1C(=O)O. The molecule has 0 aromatic carbocycles. The second-order valence-electron chi connectivity index (χ2n) is 4.56. The van der Waals surface area contributed by atoms with Crippen molar-refractivity contribution in [2.75, 3.05) is 6.54 Å². The van der Waals surface area contributed by atoms with Crippen LogP contribution in [0, 0.1) is 24.2 Å². The summed E-state index contributed by atoms with van der Waals surface area (Å²) in [6.07, 6.45) is 8.13. The van der Waals surface area contributed by atoms with E-state index in [1.807, 2.05) is 0 Å². The fourth-order valence-corrected chi connectivity index (χ4v) is 3.07. The first-order chi connectivity index (χ1) is 7.65. The number of hydrogen-bond acceptors (Lipinski definition) is 2. The fourth-order valence-electron chi connectivity index (χ4n) is 3.07. The molecule has 2 rings (SSSR count). The Balaban J connectivity index is 2.17. The van der Waals surface area contributed by atoms with Crippen LogP contribution in [0.15, 0.2) is 0 Å². The number of aliphatic carboxylic acids is 1. The number of carbonyl (C=O) groups is 2. The van der Waals surface area contributed by atoms with E-state index in [1.165, 1.54) is 4.90 Å². The monoisotopic (exact) mass is 221 g/mol. The number of rotatable bonds is 2. The van der Waals surface area contributed by atoms with Crippen LogP contribution in [0.4, 0.5) is 0 Å². The third-order valence-corrected chi connectivity index (χ3v) is 3.72. The maximum absolute atomic E-state index is 11.7. The predicted molar refractivity (Wildman–Crippen MR) is 57.4 cm³/mol. The third kappa shape index (κ3) is 1.67. The summed E-state index contributed by atoms with van der Waals surface area (Å²) >= 11 is 0. The molecule has 4 nitrogen and oxygen atoms in total. The molecule has 2 fully saturated rings. The number of amides is 1. The van der Waals surface area contributed by atoms with Crippen LogP contribution >= 0.6 is 0 Å². The molecule has 16 heavy (non-hydrogen) atoms. The molecule has 1 saturated carbocycles. The summed E-state index contributed by atoms with van der Waals surface area (Å²) < 4.78 is 0. The Morgan fingerprint density at radius 3 is 2.81 bits per heavy atom. The first-order valence-corrected chi connectivity index (χ1v) is 5.61. The van der Waals surface area contributed by atoms with E-state index in [4.69, 9.17) is 6.42 Å². The number of hydrogen-bond donors (Lipinski definition) is 1. The van der Waals surface area contributed by atoms with Crippen molar-refractivity contribution in [3.8, 4) is 12.3 Å². The number of nitrogens with zero attached hydrogens (tertiary/aromatic N) is 1. The molecule has 0 bridgehead atoms. The standard InChI is InChI=1S/C12H15NO3/c1-2-4-10(14)13-7-8-5-3-6-9(8)11(13)12(15)16/h1,8-9,11H,3-7H2,(H,15,16). The summed E-state index contributed by atoms with van der Waals surface area (Å²) in [5.41, 5.74) is 0. The second kappa shape index (κ2) is 4.17. The van der Waals surface area contributed by atoms with Gasteiger partial charge in [-0.2, -0.15) is 0 Å². The van der Waals surface area contributed by atoms with E-state index >= 15 is 0 Å². The van der Waals surface area contributed by atoms with Crippen molar-refractivity contribution in [2.24, 2.45) is 11.8 Å². The summed E-state index contributed by atoms with van der Waals surface area (Å²) in [4.78, 5) is 24.4. The van der Waals surface area contributed by atoms with Gasteiger partial charge >= 0.3 is 5.97 Å². The molecule has 2 aliphatic rings. The summed E-state index contributed by atoms with van der Waals surface area (Å²) in [5.74, 6) is 1.68. The van der Waals surface area contributed by atoms with Gasteiger partial charge < -0.3 is 10.0 Å². The lowest BCUT2D eigenvalue weighted by atomic mass is 9.94. The normalized spacial score (nSPS) is 32.2. The zero-order chi connectivity index (χ0) is 11.7. The van der Waals surface area contributed by atoms with E-state index in [-0.39, 0.29) is 18.2 Å². The van der Waals surface area contributed by atoms with E-state index in [9.17, 15) is 14.7 Å². The van der Waals surface area contributed by atoms with Crippen molar-refractivity contribution in [3.05, 3.63) is 0 Å². The Labute approximate surface area is 94.6 Å². The molecule has 0 radical (unpaired) electrons. The van der Waals surface area contributed by atoms with Gasteiger partial charge in [-0.15, -0.1) is 6.42 Å². The molecule has 1 heterocycles. The predicted octanol–water partition coefficient (Wildman–Crippen LogP) is 0.721. The zero-order valence-corrected chi connectivity index (χ0v) is 9.06. The first kappa shape index (κ1) is 11.0. The summed E-state index contributed by atoms with van der Waals surface area (Å²) in [6.45, 7) is 0.572. The minimum atomic E-state index is -0.889. The lowest BCUT2D eigenvalue weighted by molar-refractivity contribution is -0.149. The van der Waals surface area contributed by atoms with Crippen LogP contribution in [0.25, 0.3) is 0 Å². The largest absolute Gasteiger partial charge is 0.480 e. The summed E-state index contributed by atoms with van der Waals surface area (Å²) in [6, 6.07) is -0.645. The quantitative estimate of drug-likeness (QED) is 0.699. The van der Waals surface area contributed by atoms with Gasteiger partial charge in [0.15, 0.2) is 0 Å². The molecule has 3 atom stereocenters. The average Bonchev–Trinajstić information content (AvgIpc) is 2.74. The van der Waals surface area contributed by atoms with Gasteiger partial charge in [-0.05, 0) is 24.7 Å². The number of carboxylic acids is 1. The maximum atomic E-state index is 11.7. The summed E-state index contributed by atoms with van der Waals surface area (Å²) in [5, 5.41) is 9.20. The van der Waals surface area contributed by atoms with Crippen molar-refractivity contribution >= 4 is 11.9 Å². The molecule has 86 valence electrons. The van der Waals surface area contributed by atoms with E-state index < -0.39 is 12.0 Å². The van der Waals surface area contributed by atoms with Crippen LogP contribution in [0.2, 0.25) is 0 Å². The Morgan fingerprint density at radius 2 is 2.19 bits per heavy atom. The Kier molecular flexibility index (Phi) is 2.86. The minimum absolute atomic E-state index is 0.00319. The van der Waals surface area contributed by atoms with Crippen molar-refractivity contribution in [3.63, 3.8) is 0 Å². The molecular formula is C12H15NO3. The fraction of sp³-hybridized carbons (Fsp3) is 0.667. The molecule has 3 unspecified atom stereocenters. The van der Waals surface area contributed by atoms with Crippen LogP contribution in [-0.4, -0.2) is 34.5 Å². The van der Waals surface area contributed by atoms with Crippen LogP contribution in [0.3, 0.4) is 0 Å². The molecule has 0 spiro atoms. The molecule has 1 aliphatic heterocycles. The molecule has 4 heteroatoms. The van der Waals surface area contributed by atoms with Crippen LogP contribution in [0.5, 0.6) is 0 Å². The zero-order valence-electron chi connectivity index (χ0n) is 9.06. The molecule has 0 aromatic rings. The van der Waals surface area contributed by atoms with Gasteiger partial charge in [0.25, 0.3) is 0 Å². The number of fused-ring (bicyclic) bond motifs is 1. The number of carboxylic acid groups (broad SMARTS) is 1. The molecule has 1 aliphatic carbocycles. The third-order valence-electron chi connectivity index (χ3n) is 3.72. The van der Waals surface area contributed by atoms with Crippen LogP contribution in [-0.2, 0) is 9.59 Å². The molecular weight excluding hydrogens is 206 g/mol. The minimum Gasteiger partial charge on any atom is -0.480 e. The van der Waals surface area contributed by atoms with Gasteiger partial charge in [0.05, 0.1) is 6.42 Å². The average molecular weight is 221 g/mol. The van der Waals surface area contributed by atoms with Crippen molar-refractivity contribution < 1.29 is 14.7 Å². The Morgan fingerprint density at radius 1 is 1.44 bits per heavy atom. The molecule has 1 saturated heterocycles. The van der Waals surface area contributed by atoms with Gasteiger partial charge in [0, 0.05) is 6.54 Å². The van der Waals surface area contributed by atoms with Crippen molar-refractivity contribution in [1.82, 2.24) is 4.90 Å². The highest BCUT2D eigenvalue weighted by Gasteiger charge is 2.49. The maximum Gasteiger partial charge on any atom is 0.326 e.